The maximum atomic E-state index is 12.1. The van der Waals surface area contributed by atoms with E-state index in [1.54, 1.807) is 62.8 Å². The van der Waals surface area contributed by atoms with Crippen molar-refractivity contribution in [3.8, 4) is 11.5 Å². The zero-order chi connectivity index (χ0) is 20.4. The SMILES string of the molecule is CCCCOC(=O)c1ccc(NC(=O)C=Cc2ccc(OC)cc2OC)cc1. The van der Waals surface area contributed by atoms with Crippen molar-refractivity contribution < 1.29 is 23.8 Å². The van der Waals surface area contributed by atoms with Crippen LogP contribution in [0.5, 0.6) is 11.5 Å². The molecule has 0 aliphatic carbocycles. The van der Waals surface area contributed by atoms with E-state index in [9.17, 15) is 9.59 Å². The zero-order valence-electron chi connectivity index (χ0n) is 16.4. The van der Waals surface area contributed by atoms with Gasteiger partial charge in [0, 0.05) is 23.4 Å². The van der Waals surface area contributed by atoms with Crippen LogP contribution in [0, 0.1) is 0 Å². The van der Waals surface area contributed by atoms with Crippen molar-refractivity contribution in [3.63, 3.8) is 0 Å². The first-order valence-electron chi connectivity index (χ1n) is 9.05. The topological polar surface area (TPSA) is 73.9 Å². The second kappa shape index (κ2) is 10.8. The first-order chi connectivity index (χ1) is 13.6. The number of hydrogen-bond acceptors (Lipinski definition) is 5. The molecular formula is C22H25NO5. The van der Waals surface area contributed by atoms with Crippen molar-refractivity contribution in [2.24, 2.45) is 0 Å². The minimum absolute atomic E-state index is 0.295. The lowest BCUT2D eigenvalue weighted by atomic mass is 10.1. The van der Waals surface area contributed by atoms with Gasteiger partial charge in [-0.3, -0.25) is 4.79 Å². The fourth-order valence-corrected chi connectivity index (χ4v) is 2.39. The summed E-state index contributed by atoms with van der Waals surface area (Å²) in [6.45, 7) is 2.44. The molecule has 0 aromatic heterocycles. The number of esters is 1. The van der Waals surface area contributed by atoms with E-state index in [4.69, 9.17) is 14.2 Å². The number of nitrogens with one attached hydrogen (secondary N) is 1. The summed E-state index contributed by atoms with van der Waals surface area (Å²) in [4.78, 5) is 24.0. The van der Waals surface area contributed by atoms with Crippen LogP contribution >= 0.6 is 0 Å². The number of amides is 1. The van der Waals surface area contributed by atoms with Crippen LogP contribution in [0.4, 0.5) is 5.69 Å². The van der Waals surface area contributed by atoms with E-state index in [2.05, 4.69) is 5.32 Å². The molecule has 1 N–H and O–H groups in total. The minimum atomic E-state index is -0.363. The van der Waals surface area contributed by atoms with Crippen LogP contribution in [0.1, 0.15) is 35.7 Å². The van der Waals surface area contributed by atoms with Gasteiger partial charge in [0.2, 0.25) is 5.91 Å². The molecule has 6 heteroatoms. The number of carbonyl (C=O) groups excluding carboxylic acids is 2. The van der Waals surface area contributed by atoms with Gasteiger partial charge in [0.25, 0.3) is 0 Å². The van der Waals surface area contributed by atoms with Crippen molar-refractivity contribution >= 4 is 23.6 Å². The maximum Gasteiger partial charge on any atom is 0.338 e. The van der Waals surface area contributed by atoms with Crippen molar-refractivity contribution in [1.29, 1.82) is 0 Å². The monoisotopic (exact) mass is 383 g/mol. The molecule has 0 spiro atoms. The molecule has 0 aliphatic heterocycles. The highest BCUT2D eigenvalue weighted by Gasteiger charge is 2.07. The van der Waals surface area contributed by atoms with Gasteiger partial charge in [0.15, 0.2) is 0 Å². The summed E-state index contributed by atoms with van der Waals surface area (Å²) in [5, 5.41) is 2.75. The van der Waals surface area contributed by atoms with E-state index < -0.39 is 0 Å². The van der Waals surface area contributed by atoms with Gasteiger partial charge in [0.05, 0.1) is 26.4 Å². The Labute approximate surface area is 165 Å². The predicted molar refractivity (Wildman–Crippen MR) is 109 cm³/mol. The Hall–Kier alpha value is -3.28. The Morgan fingerprint density at radius 2 is 1.79 bits per heavy atom. The standard InChI is InChI=1S/C22H25NO5/c1-4-5-14-28-22(25)17-6-10-18(11-7-17)23-21(24)13-9-16-8-12-19(26-2)15-20(16)27-3/h6-13,15H,4-5,14H2,1-3H3,(H,23,24). The van der Waals surface area contributed by atoms with Crippen LogP contribution < -0.4 is 14.8 Å². The number of benzene rings is 2. The summed E-state index contributed by atoms with van der Waals surface area (Å²) in [5.41, 5.74) is 1.79. The Morgan fingerprint density at radius 1 is 1.04 bits per heavy atom. The summed E-state index contributed by atoms with van der Waals surface area (Å²) in [5.74, 6) is 0.620. The lowest BCUT2D eigenvalue weighted by Crippen LogP contribution is -2.09. The number of anilines is 1. The summed E-state index contributed by atoms with van der Waals surface area (Å²) in [7, 11) is 3.13. The maximum absolute atomic E-state index is 12.1. The van der Waals surface area contributed by atoms with Crippen LogP contribution in [0.3, 0.4) is 0 Å². The molecule has 0 saturated heterocycles. The van der Waals surface area contributed by atoms with Crippen molar-refractivity contribution in [2.45, 2.75) is 19.8 Å². The quantitative estimate of drug-likeness (QED) is 0.397. The van der Waals surface area contributed by atoms with Crippen molar-refractivity contribution in [3.05, 3.63) is 59.7 Å². The number of ether oxygens (including phenoxy) is 3. The Kier molecular flexibility index (Phi) is 8.09. The van der Waals surface area contributed by atoms with Crippen LogP contribution in [0.2, 0.25) is 0 Å². The highest BCUT2D eigenvalue weighted by atomic mass is 16.5. The van der Waals surface area contributed by atoms with E-state index in [1.807, 2.05) is 6.92 Å². The van der Waals surface area contributed by atoms with Gasteiger partial charge >= 0.3 is 5.97 Å². The third kappa shape index (κ3) is 6.16. The number of unbranched alkanes of at least 4 members (excludes halogenated alkanes) is 1. The second-order valence-electron chi connectivity index (χ2n) is 6.00. The van der Waals surface area contributed by atoms with Gasteiger partial charge in [-0.25, -0.2) is 4.79 Å². The molecule has 1 amide bonds. The fourth-order valence-electron chi connectivity index (χ4n) is 2.39. The lowest BCUT2D eigenvalue weighted by Gasteiger charge is -2.07. The Morgan fingerprint density at radius 3 is 2.43 bits per heavy atom. The highest BCUT2D eigenvalue weighted by Crippen LogP contribution is 2.25. The molecule has 0 unspecified atom stereocenters. The first kappa shape index (κ1) is 21.0. The average molecular weight is 383 g/mol. The third-order valence-corrected chi connectivity index (χ3v) is 3.97. The molecular weight excluding hydrogens is 358 g/mol. The number of methoxy groups -OCH3 is 2. The minimum Gasteiger partial charge on any atom is -0.497 e. The molecule has 148 valence electrons. The van der Waals surface area contributed by atoms with Gasteiger partial charge in [-0.2, -0.15) is 0 Å². The zero-order valence-corrected chi connectivity index (χ0v) is 16.4. The molecule has 2 aromatic carbocycles. The van der Waals surface area contributed by atoms with Crippen LogP contribution in [0.15, 0.2) is 48.5 Å². The van der Waals surface area contributed by atoms with Crippen LogP contribution in [0.25, 0.3) is 6.08 Å². The summed E-state index contributed by atoms with van der Waals surface area (Å²) < 4.78 is 15.6. The first-order valence-corrected chi connectivity index (χ1v) is 9.05. The molecule has 0 heterocycles. The number of hydrogen-bond donors (Lipinski definition) is 1. The van der Waals surface area contributed by atoms with Gasteiger partial charge in [-0.15, -0.1) is 0 Å². The molecule has 2 rings (SSSR count). The Balaban J connectivity index is 1.96. The molecule has 0 saturated carbocycles. The van der Waals surface area contributed by atoms with Crippen LogP contribution in [-0.2, 0) is 9.53 Å². The lowest BCUT2D eigenvalue weighted by molar-refractivity contribution is -0.111. The summed E-state index contributed by atoms with van der Waals surface area (Å²) in [6.07, 6.45) is 4.88. The van der Waals surface area contributed by atoms with Gasteiger partial charge in [-0.1, -0.05) is 13.3 Å². The molecule has 0 bridgehead atoms. The highest BCUT2D eigenvalue weighted by molar-refractivity contribution is 6.02. The smallest absolute Gasteiger partial charge is 0.338 e. The molecule has 28 heavy (non-hydrogen) atoms. The molecule has 0 atom stereocenters. The molecule has 6 nitrogen and oxygen atoms in total. The van der Waals surface area contributed by atoms with E-state index in [0.717, 1.165) is 18.4 Å². The molecule has 0 aliphatic rings. The Bertz CT molecular complexity index is 827. The van der Waals surface area contributed by atoms with E-state index in [-0.39, 0.29) is 11.9 Å². The number of carbonyl (C=O) groups is 2. The second-order valence-corrected chi connectivity index (χ2v) is 6.00. The van der Waals surface area contributed by atoms with Gasteiger partial charge in [0.1, 0.15) is 11.5 Å². The normalized spacial score (nSPS) is 10.5. The molecule has 2 aromatic rings. The molecule has 0 radical (unpaired) electrons. The van der Waals surface area contributed by atoms with Crippen molar-refractivity contribution in [2.75, 3.05) is 26.1 Å². The number of rotatable bonds is 9. The summed E-state index contributed by atoms with van der Waals surface area (Å²) >= 11 is 0. The van der Waals surface area contributed by atoms with Gasteiger partial charge < -0.3 is 19.5 Å². The average Bonchev–Trinajstić information content (AvgIpc) is 2.72. The molecule has 0 fully saturated rings. The van der Waals surface area contributed by atoms with E-state index in [1.165, 1.54) is 6.08 Å². The summed E-state index contributed by atoms with van der Waals surface area (Å²) in [6, 6.07) is 11.9. The third-order valence-electron chi connectivity index (χ3n) is 3.97. The largest absolute Gasteiger partial charge is 0.497 e. The predicted octanol–water partition coefficient (Wildman–Crippen LogP) is 4.31. The fraction of sp³-hybridized carbons (Fsp3) is 0.273. The van der Waals surface area contributed by atoms with E-state index >= 15 is 0 Å². The van der Waals surface area contributed by atoms with Crippen LogP contribution in [-0.4, -0.2) is 32.7 Å². The van der Waals surface area contributed by atoms with E-state index in [0.29, 0.717) is 29.4 Å². The van der Waals surface area contributed by atoms with Gasteiger partial charge in [-0.05, 0) is 48.9 Å². The van der Waals surface area contributed by atoms with Crippen molar-refractivity contribution in [1.82, 2.24) is 0 Å².